The van der Waals surface area contributed by atoms with Gasteiger partial charge in [-0.2, -0.15) is 0 Å². The van der Waals surface area contributed by atoms with Crippen molar-refractivity contribution in [3.63, 3.8) is 0 Å². The summed E-state index contributed by atoms with van der Waals surface area (Å²) in [5.74, 6) is 2.10. The van der Waals surface area contributed by atoms with E-state index in [1.165, 1.54) is 0 Å². The van der Waals surface area contributed by atoms with Crippen LogP contribution in [0.5, 0.6) is 0 Å². The van der Waals surface area contributed by atoms with Gasteiger partial charge >= 0.3 is 0 Å². The molecule has 0 saturated carbocycles. The van der Waals surface area contributed by atoms with Crippen molar-refractivity contribution < 1.29 is 9.15 Å². The quantitative estimate of drug-likeness (QED) is 0.701. The standard InChI is InChI=1S/C13H18O2/c1-7-10-8-11(13(3,4)5)15-12(10)9(2)14-6/h7-8H,1-2H2,3-6H3. The minimum absolute atomic E-state index is 0.0238. The summed E-state index contributed by atoms with van der Waals surface area (Å²) in [5, 5.41) is 0. The van der Waals surface area contributed by atoms with E-state index in [4.69, 9.17) is 9.15 Å². The maximum absolute atomic E-state index is 5.73. The fourth-order valence-electron chi connectivity index (χ4n) is 1.24. The lowest BCUT2D eigenvalue weighted by Gasteiger charge is -2.14. The minimum Gasteiger partial charge on any atom is -0.493 e. The molecular weight excluding hydrogens is 188 g/mol. The highest BCUT2D eigenvalue weighted by Crippen LogP contribution is 2.31. The first-order chi connectivity index (χ1) is 6.90. The largest absolute Gasteiger partial charge is 0.493 e. The monoisotopic (exact) mass is 206 g/mol. The molecule has 0 radical (unpaired) electrons. The molecule has 2 nitrogen and oxygen atoms in total. The van der Waals surface area contributed by atoms with Crippen LogP contribution in [-0.2, 0) is 10.2 Å². The number of hydrogen-bond donors (Lipinski definition) is 0. The van der Waals surface area contributed by atoms with Crippen molar-refractivity contribution in [1.82, 2.24) is 0 Å². The Hall–Kier alpha value is -1.44. The lowest BCUT2D eigenvalue weighted by atomic mass is 9.93. The van der Waals surface area contributed by atoms with Crippen molar-refractivity contribution in [2.24, 2.45) is 0 Å². The zero-order chi connectivity index (χ0) is 11.6. The molecule has 0 aliphatic carbocycles. The highest BCUT2D eigenvalue weighted by atomic mass is 16.5. The molecule has 15 heavy (non-hydrogen) atoms. The lowest BCUT2D eigenvalue weighted by Crippen LogP contribution is -2.09. The Morgan fingerprint density at radius 1 is 1.47 bits per heavy atom. The summed E-state index contributed by atoms with van der Waals surface area (Å²) < 4.78 is 10.8. The molecule has 1 aromatic rings. The lowest BCUT2D eigenvalue weighted by molar-refractivity contribution is 0.338. The molecule has 0 amide bonds. The van der Waals surface area contributed by atoms with Crippen LogP contribution in [-0.4, -0.2) is 7.11 Å². The number of furan rings is 1. The van der Waals surface area contributed by atoms with Crippen molar-refractivity contribution in [3.8, 4) is 0 Å². The Labute approximate surface area is 91.2 Å². The number of methoxy groups -OCH3 is 1. The van der Waals surface area contributed by atoms with Crippen LogP contribution in [0, 0.1) is 0 Å². The number of hydrogen-bond acceptors (Lipinski definition) is 2. The third kappa shape index (κ3) is 2.32. The minimum atomic E-state index is -0.0238. The van der Waals surface area contributed by atoms with Crippen LogP contribution in [0.3, 0.4) is 0 Å². The van der Waals surface area contributed by atoms with E-state index in [0.717, 1.165) is 11.3 Å². The van der Waals surface area contributed by atoms with Gasteiger partial charge in [0.05, 0.1) is 7.11 Å². The average molecular weight is 206 g/mol. The maximum Gasteiger partial charge on any atom is 0.175 e. The van der Waals surface area contributed by atoms with Gasteiger partial charge in [0.25, 0.3) is 0 Å². The van der Waals surface area contributed by atoms with Gasteiger partial charge in [-0.3, -0.25) is 0 Å². The van der Waals surface area contributed by atoms with E-state index in [-0.39, 0.29) is 5.41 Å². The van der Waals surface area contributed by atoms with Gasteiger partial charge < -0.3 is 9.15 Å². The Balaban J connectivity index is 3.23. The second-order valence-corrected chi connectivity index (χ2v) is 4.48. The van der Waals surface area contributed by atoms with Crippen molar-refractivity contribution >= 4 is 11.8 Å². The fourth-order valence-corrected chi connectivity index (χ4v) is 1.24. The summed E-state index contributed by atoms with van der Waals surface area (Å²) in [6.45, 7) is 13.8. The summed E-state index contributed by atoms with van der Waals surface area (Å²) >= 11 is 0. The van der Waals surface area contributed by atoms with Gasteiger partial charge in [0.15, 0.2) is 11.5 Å². The predicted octanol–water partition coefficient (Wildman–Crippen LogP) is 3.84. The molecule has 0 atom stereocenters. The smallest absolute Gasteiger partial charge is 0.175 e. The van der Waals surface area contributed by atoms with Crippen molar-refractivity contribution in [2.45, 2.75) is 26.2 Å². The zero-order valence-electron chi connectivity index (χ0n) is 9.89. The first-order valence-electron chi connectivity index (χ1n) is 4.90. The molecule has 0 unspecified atom stereocenters. The number of ether oxygens (including phenoxy) is 1. The van der Waals surface area contributed by atoms with Crippen LogP contribution in [0.2, 0.25) is 0 Å². The van der Waals surface area contributed by atoms with Crippen molar-refractivity contribution in [1.29, 1.82) is 0 Å². The summed E-state index contributed by atoms with van der Waals surface area (Å²) in [5.41, 5.74) is 0.899. The normalized spacial score (nSPS) is 11.2. The second kappa shape index (κ2) is 3.97. The molecular formula is C13H18O2. The van der Waals surface area contributed by atoms with E-state index in [1.54, 1.807) is 13.2 Å². The molecule has 0 spiro atoms. The van der Waals surface area contributed by atoms with Crippen LogP contribution in [0.15, 0.2) is 23.6 Å². The van der Waals surface area contributed by atoms with Gasteiger partial charge in [0, 0.05) is 11.0 Å². The first kappa shape index (κ1) is 11.6. The molecule has 0 aliphatic rings. The van der Waals surface area contributed by atoms with E-state index < -0.39 is 0 Å². The van der Waals surface area contributed by atoms with Gasteiger partial charge in [-0.25, -0.2) is 0 Å². The van der Waals surface area contributed by atoms with Crippen LogP contribution in [0.25, 0.3) is 11.8 Å². The van der Waals surface area contributed by atoms with Gasteiger partial charge in [-0.1, -0.05) is 40.0 Å². The molecule has 1 heterocycles. The highest BCUT2D eigenvalue weighted by molar-refractivity contribution is 5.65. The molecule has 1 aromatic heterocycles. The summed E-state index contributed by atoms with van der Waals surface area (Å²) in [7, 11) is 1.58. The third-order valence-electron chi connectivity index (χ3n) is 2.22. The second-order valence-electron chi connectivity index (χ2n) is 4.48. The van der Waals surface area contributed by atoms with Crippen LogP contribution in [0.4, 0.5) is 0 Å². The SMILES string of the molecule is C=Cc1cc(C(C)(C)C)oc1C(=C)OC. The van der Waals surface area contributed by atoms with Gasteiger partial charge in [0.1, 0.15) is 5.76 Å². The van der Waals surface area contributed by atoms with Gasteiger partial charge in [-0.15, -0.1) is 0 Å². The summed E-state index contributed by atoms with van der Waals surface area (Å²) in [6.07, 6.45) is 1.75. The van der Waals surface area contributed by atoms with Gasteiger partial charge in [-0.05, 0) is 6.07 Å². The molecule has 1 rings (SSSR count). The molecule has 0 bridgehead atoms. The fraction of sp³-hybridized carbons (Fsp3) is 0.385. The first-order valence-corrected chi connectivity index (χ1v) is 4.90. The molecule has 82 valence electrons. The highest BCUT2D eigenvalue weighted by Gasteiger charge is 2.21. The Morgan fingerprint density at radius 3 is 2.47 bits per heavy atom. The van der Waals surface area contributed by atoms with Crippen molar-refractivity contribution in [2.75, 3.05) is 7.11 Å². The van der Waals surface area contributed by atoms with Crippen LogP contribution in [0.1, 0.15) is 37.9 Å². The average Bonchev–Trinajstić information content (AvgIpc) is 2.59. The third-order valence-corrected chi connectivity index (χ3v) is 2.22. The number of rotatable bonds is 3. The van der Waals surface area contributed by atoms with E-state index in [0.29, 0.717) is 11.5 Å². The summed E-state index contributed by atoms with van der Waals surface area (Å²) in [6, 6.07) is 1.98. The molecule has 0 saturated heterocycles. The predicted molar refractivity (Wildman–Crippen MR) is 63.5 cm³/mol. The van der Waals surface area contributed by atoms with Crippen molar-refractivity contribution in [3.05, 3.63) is 36.3 Å². The van der Waals surface area contributed by atoms with Crippen LogP contribution >= 0.6 is 0 Å². The molecule has 2 heteroatoms. The molecule has 0 fully saturated rings. The van der Waals surface area contributed by atoms with E-state index >= 15 is 0 Å². The van der Waals surface area contributed by atoms with E-state index in [9.17, 15) is 0 Å². The molecule has 0 N–H and O–H groups in total. The molecule has 0 aliphatic heterocycles. The Morgan fingerprint density at radius 2 is 2.07 bits per heavy atom. The maximum atomic E-state index is 5.73. The molecule has 0 aromatic carbocycles. The topological polar surface area (TPSA) is 22.4 Å². The zero-order valence-corrected chi connectivity index (χ0v) is 9.89. The Bertz CT molecular complexity index is 378. The van der Waals surface area contributed by atoms with Crippen LogP contribution < -0.4 is 0 Å². The Kier molecular flexibility index (Phi) is 3.08. The van der Waals surface area contributed by atoms with E-state index in [1.807, 2.05) is 6.07 Å². The van der Waals surface area contributed by atoms with Gasteiger partial charge in [0.2, 0.25) is 0 Å². The summed E-state index contributed by atoms with van der Waals surface area (Å²) in [4.78, 5) is 0. The van der Waals surface area contributed by atoms with E-state index in [2.05, 4.69) is 33.9 Å².